The van der Waals surface area contributed by atoms with E-state index in [2.05, 4.69) is 6.07 Å². The smallest absolute Gasteiger partial charge is 0.205 e. The van der Waals surface area contributed by atoms with E-state index in [1.165, 1.54) is 0 Å². The number of benzene rings is 2. The van der Waals surface area contributed by atoms with E-state index in [1.807, 2.05) is 63.2 Å². The number of carbonyl (C=O) groups excluding carboxylic acids is 1. The summed E-state index contributed by atoms with van der Waals surface area (Å²) in [6, 6.07) is 15.6. The van der Waals surface area contributed by atoms with E-state index >= 15 is 0 Å². The number of aryl methyl sites for hydroxylation is 1. The number of allylic oxidation sites excluding steroid dienone is 3. The number of ether oxygens (including phenoxy) is 3. The standard InChI is InChI=1S/C27H28N2O4/c1-16-7-5-6-8-21(16)32-15-18-11-17(9-10-22(18)31-4)24-19(14-28)26(29)33-23-13-27(2,3)12-20(30)25(23)24/h5-11,24H,12-13,15,29H2,1-4H3/t24-/m0/s1. The summed E-state index contributed by atoms with van der Waals surface area (Å²) in [6.45, 7) is 6.32. The van der Waals surface area contributed by atoms with Crippen molar-refractivity contribution in [3.63, 3.8) is 0 Å². The van der Waals surface area contributed by atoms with Gasteiger partial charge in [0, 0.05) is 24.0 Å². The van der Waals surface area contributed by atoms with Crippen molar-refractivity contribution in [2.24, 2.45) is 11.1 Å². The minimum Gasteiger partial charge on any atom is -0.496 e. The number of carbonyl (C=O) groups is 1. The van der Waals surface area contributed by atoms with Crippen LogP contribution in [0.15, 0.2) is 65.3 Å². The predicted octanol–water partition coefficient (Wildman–Crippen LogP) is 5.03. The summed E-state index contributed by atoms with van der Waals surface area (Å²) in [4.78, 5) is 13.2. The number of Topliss-reactive ketones (excluding diaryl/α,β-unsaturated/α-hetero) is 1. The van der Waals surface area contributed by atoms with E-state index in [9.17, 15) is 10.1 Å². The molecule has 0 bridgehead atoms. The van der Waals surface area contributed by atoms with Gasteiger partial charge in [-0.3, -0.25) is 4.79 Å². The number of para-hydroxylation sites is 1. The molecule has 1 atom stereocenters. The molecule has 0 saturated heterocycles. The Hall–Kier alpha value is -3.72. The van der Waals surface area contributed by atoms with Crippen molar-refractivity contribution in [2.75, 3.05) is 7.11 Å². The minimum atomic E-state index is -0.578. The Morgan fingerprint density at radius 1 is 1.18 bits per heavy atom. The van der Waals surface area contributed by atoms with Crippen molar-refractivity contribution in [1.82, 2.24) is 0 Å². The second-order valence-corrected chi connectivity index (χ2v) is 9.33. The molecule has 6 nitrogen and oxygen atoms in total. The molecule has 2 N–H and O–H groups in total. The molecule has 33 heavy (non-hydrogen) atoms. The Balaban J connectivity index is 1.76. The molecule has 2 aromatic carbocycles. The molecule has 0 aromatic heterocycles. The largest absolute Gasteiger partial charge is 0.496 e. The predicted molar refractivity (Wildman–Crippen MR) is 124 cm³/mol. The molecule has 1 aliphatic carbocycles. The van der Waals surface area contributed by atoms with Gasteiger partial charge in [0.15, 0.2) is 5.78 Å². The average Bonchev–Trinajstić information content (AvgIpc) is 2.76. The highest BCUT2D eigenvalue weighted by Gasteiger charge is 2.43. The summed E-state index contributed by atoms with van der Waals surface area (Å²) in [5.74, 6) is 1.48. The fraction of sp³-hybridized carbons (Fsp3) is 0.333. The maximum absolute atomic E-state index is 13.2. The first-order valence-electron chi connectivity index (χ1n) is 10.9. The Labute approximate surface area is 194 Å². The fourth-order valence-electron chi connectivity index (χ4n) is 4.58. The topological polar surface area (TPSA) is 94.6 Å². The van der Waals surface area contributed by atoms with Crippen molar-refractivity contribution in [3.05, 3.63) is 81.9 Å². The lowest BCUT2D eigenvalue weighted by molar-refractivity contribution is -0.119. The molecule has 0 spiro atoms. The van der Waals surface area contributed by atoms with Crippen molar-refractivity contribution in [3.8, 4) is 17.6 Å². The van der Waals surface area contributed by atoms with Crippen molar-refractivity contribution >= 4 is 5.78 Å². The third-order valence-electron chi connectivity index (χ3n) is 6.19. The molecule has 1 aliphatic heterocycles. The van der Waals surface area contributed by atoms with Crippen LogP contribution in [-0.2, 0) is 16.1 Å². The second kappa shape index (κ2) is 8.67. The maximum Gasteiger partial charge on any atom is 0.205 e. The summed E-state index contributed by atoms with van der Waals surface area (Å²) in [7, 11) is 1.60. The quantitative estimate of drug-likeness (QED) is 0.695. The summed E-state index contributed by atoms with van der Waals surface area (Å²) in [6.07, 6.45) is 0.979. The summed E-state index contributed by atoms with van der Waals surface area (Å²) >= 11 is 0. The lowest BCUT2D eigenvalue weighted by Crippen LogP contribution is -2.33. The summed E-state index contributed by atoms with van der Waals surface area (Å²) in [5, 5.41) is 9.87. The molecule has 170 valence electrons. The van der Waals surface area contributed by atoms with Gasteiger partial charge < -0.3 is 19.9 Å². The monoisotopic (exact) mass is 444 g/mol. The zero-order chi connectivity index (χ0) is 23.8. The molecule has 0 fully saturated rings. The average molecular weight is 445 g/mol. The van der Waals surface area contributed by atoms with Gasteiger partial charge in [-0.1, -0.05) is 38.1 Å². The first-order valence-corrected chi connectivity index (χ1v) is 10.9. The molecule has 1 heterocycles. The number of nitrogens with zero attached hydrogens (tertiary/aromatic N) is 1. The van der Waals surface area contributed by atoms with Crippen LogP contribution in [0.2, 0.25) is 0 Å². The van der Waals surface area contributed by atoms with Gasteiger partial charge >= 0.3 is 0 Å². The number of hydrogen-bond acceptors (Lipinski definition) is 6. The van der Waals surface area contributed by atoms with E-state index in [0.29, 0.717) is 29.9 Å². The number of methoxy groups -OCH3 is 1. The number of ketones is 1. The van der Waals surface area contributed by atoms with Gasteiger partial charge in [-0.2, -0.15) is 5.26 Å². The maximum atomic E-state index is 13.2. The molecule has 0 saturated carbocycles. The molecule has 0 radical (unpaired) electrons. The molecular formula is C27H28N2O4. The van der Waals surface area contributed by atoms with Crippen LogP contribution in [-0.4, -0.2) is 12.9 Å². The van der Waals surface area contributed by atoms with Crippen molar-refractivity contribution in [2.45, 2.75) is 46.1 Å². The molecule has 2 aliphatic rings. The van der Waals surface area contributed by atoms with Gasteiger partial charge in [-0.05, 0) is 41.7 Å². The second-order valence-electron chi connectivity index (χ2n) is 9.33. The van der Waals surface area contributed by atoms with E-state index in [1.54, 1.807) is 7.11 Å². The van der Waals surface area contributed by atoms with Crippen LogP contribution >= 0.6 is 0 Å². The highest BCUT2D eigenvalue weighted by molar-refractivity contribution is 6.00. The van der Waals surface area contributed by atoms with Gasteiger partial charge in [-0.15, -0.1) is 0 Å². The highest BCUT2D eigenvalue weighted by atomic mass is 16.5. The third kappa shape index (κ3) is 4.31. The van der Waals surface area contributed by atoms with Gasteiger partial charge in [0.1, 0.15) is 35.5 Å². The fourth-order valence-corrected chi connectivity index (χ4v) is 4.58. The van der Waals surface area contributed by atoms with Gasteiger partial charge in [0.05, 0.1) is 13.0 Å². The van der Waals surface area contributed by atoms with Crippen LogP contribution in [0, 0.1) is 23.7 Å². The Bertz CT molecular complexity index is 1220. The van der Waals surface area contributed by atoms with E-state index in [4.69, 9.17) is 19.9 Å². The first kappa shape index (κ1) is 22.5. The Morgan fingerprint density at radius 2 is 1.94 bits per heavy atom. The van der Waals surface area contributed by atoms with Crippen LogP contribution in [0.25, 0.3) is 0 Å². The van der Waals surface area contributed by atoms with E-state index < -0.39 is 5.92 Å². The zero-order valence-corrected chi connectivity index (χ0v) is 19.4. The highest BCUT2D eigenvalue weighted by Crippen LogP contribution is 2.48. The lowest BCUT2D eigenvalue weighted by atomic mass is 9.70. The molecule has 6 heteroatoms. The molecular weight excluding hydrogens is 416 g/mol. The van der Waals surface area contributed by atoms with Gasteiger partial charge in [0.2, 0.25) is 5.88 Å². The van der Waals surface area contributed by atoms with Crippen LogP contribution in [0.5, 0.6) is 11.5 Å². The van der Waals surface area contributed by atoms with Gasteiger partial charge in [0.25, 0.3) is 0 Å². The van der Waals surface area contributed by atoms with Crippen LogP contribution < -0.4 is 15.2 Å². The lowest BCUT2D eigenvalue weighted by Gasteiger charge is -2.37. The molecule has 0 amide bonds. The van der Waals surface area contributed by atoms with Gasteiger partial charge in [-0.25, -0.2) is 0 Å². The molecule has 0 unspecified atom stereocenters. The van der Waals surface area contributed by atoms with Crippen LogP contribution in [0.3, 0.4) is 0 Å². The molecule has 4 rings (SSSR count). The normalized spacial score (nSPS) is 19.5. The van der Waals surface area contributed by atoms with Crippen LogP contribution in [0.1, 0.15) is 49.3 Å². The van der Waals surface area contributed by atoms with Crippen LogP contribution in [0.4, 0.5) is 0 Å². The number of hydrogen-bond donors (Lipinski definition) is 1. The van der Waals surface area contributed by atoms with E-state index in [-0.39, 0.29) is 29.3 Å². The SMILES string of the molecule is COc1ccc([C@H]2C(C#N)=C(N)OC3=C2C(=O)CC(C)(C)C3)cc1COc1ccccc1C. The summed E-state index contributed by atoms with van der Waals surface area (Å²) in [5.41, 5.74) is 9.31. The minimum absolute atomic E-state index is 0.0139. The van der Waals surface area contributed by atoms with E-state index in [0.717, 1.165) is 22.4 Å². The number of nitriles is 1. The van der Waals surface area contributed by atoms with Crippen molar-refractivity contribution < 1.29 is 19.0 Å². The number of nitrogens with two attached hydrogens (primary N) is 1. The van der Waals surface area contributed by atoms with Crippen molar-refractivity contribution in [1.29, 1.82) is 5.26 Å². The third-order valence-corrected chi connectivity index (χ3v) is 6.19. The Kier molecular flexibility index (Phi) is 5.90. The summed E-state index contributed by atoms with van der Waals surface area (Å²) < 4.78 is 17.4. The Morgan fingerprint density at radius 3 is 2.64 bits per heavy atom. The number of rotatable bonds is 5. The zero-order valence-electron chi connectivity index (χ0n) is 19.4. The first-order chi connectivity index (χ1) is 15.7. The molecule has 2 aromatic rings.